The monoisotopic (exact) mass is 234 g/mol. The van der Waals surface area contributed by atoms with Gasteiger partial charge in [-0.25, -0.2) is 0 Å². The summed E-state index contributed by atoms with van der Waals surface area (Å²) < 4.78 is 4.43. The number of aromatic nitrogens is 1. The van der Waals surface area contributed by atoms with E-state index in [1.54, 1.807) is 11.5 Å². The third-order valence-corrected chi connectivity index (χ3v) is 3.92. The van der Waals surface area contributed by atoms with Crippen molar-refractivity contribution in [3.8, 4) is 0 Å². The lowest BCUT2D eigenvalue weighted by Gasteiger charge is -2.12. The van der Waals surface area contributed by atoms with Gasteiger partial charge in [0, 0.05) is 11.9 Å². The van der Waals surface area contributed by atoms with Crippen LogP contribution < -0.4 is 5.32 Å². The molecule has 16 heavy (non-hydrogen) atoms. The minimum Gasteiger partial charge on any atom is -0.375 e. The Labute approximate surface area is 101 Å². The maximum Gasteiger partial charge on any atom is 0.117 e. The molecule has 1 heterocycles. The van der Waals surface area contributed by atoms with E-state index in [9.17, 15) is 0 Å². The van der Waals surface area contributed by atoms with Gasteiger partial charge in [-0.15, -0.1) is 0 Å². The standard InChI is InChI=1S/C13H18N2S/c1-3-10(4-2)9-14-13-11-7-5-6-8-12(11)15-16-13/h5-8,10,14H,3-4,9H2,1-2H3. The molecule has 2 rings (SSSR count). The predicted octanol–water partition coefficient (Wildman–Crippen LogP) is 4.14. The highest BCUT2D eigenvalue weighted by Gasteiger charge is 2.07. The van der Waals surface area contributed by atoms with Gasteiger partial charge in [0.05, 0.1) is 5.52 Å². The first kappa shape index (κ1) is 11.4. The predicted molar refractivity (Wildman–Crippen MR) is 72.2 cm³/mol. The second kappa shape index (κ2) is 5.30. The molecule has 0 aliphatic carbocycles. The molecule has 86 valence electrons. The highest BCUT2D eigenvalue weighted by atomic mass is 32.1. The van der Waals surface area contributed by atoms with Gasteiger partial charge >= 0.3 is 0 Å². The Hall–Kier alpha value is -1.09. The van der Waals surface area contributed by atoms with Gasteiger partial charge in [-0.05, 0) is 29.6 Å². The molecule has 0 unspecified atom stereocenters. The number of nitrogens with one attached hydrogen (secondary N) is 1. The van der Waals surface area contributed by atoms with Crippen LogP contribution in [-0.2, 0) is 0 Å². The minimum absolute atomic E-state index is 0.765. The first-order valence-corrected chi connectivity index (χ1v) is 6.70. The number of hydrogen-bond acceptors (Lipinski definition) is 3. The average molecular weight is 234 g/mol. The highest BCUT2D eigenvalue weighted by Crippen LogP contribution is 2.27. The van der Waals surface area contributed by atoms with Gasteiger partial charge in [0.15, 0.2) is 0 Å². The molecule has 1 aromatic carbocycles. The van der Waals surface area contributed by atoms with E-state index in [0.717, 1.165) is 18.0 Å². The van der Waals surface area contributed by atoms with Crippen LogP contribution in [0.3, 0.4) is 0 Å². The molecule has 1 aromatic heterocycles. The van der Waals surface area contributed by atoms with Gasteiger partial charge in [-0.3, -0.25) is 0 Å². The van der Waals surface area contributed by atoms with E-state index in [1.807, 2.05) is 6.07 Å². The van der Waals surface area contributed by atoms with Crippen molar-refractivity contribution in [2.24, 2.45) is 5.92 Å². The Morgan fingerprint density at radius 2 is 2.00 bits per heavy atom. The van der Waals surface area contributed by atoms with E-state index in [1.165, 1.54) is 23.2 Å². The third-order valence-electron chi connectivity index (χ3n) is 3.09. The van der Waals surface area contributed by atoms with Gasteiger partial charge in [0.1, 0.15) is 5.00 Å². The Bertz CT molecular complexity index is 446. The largest absolute Gasteiger partial charge is 0.375 e. The molecule has 2 aromatic rings. The van der Waals surface area contributed by atoms with Crippen molar-refractivity contribution in [3.05, 3.63) is 24.3 Å². The average Bonchev–Trinajstić information content (AvgIpc) is 2.74. The van der Waals surface area contributed by atoms with Crippen molar-refractivity contribution in [3.63, 3.8) is 0 Å². The first-order valence-electron chi connectivity index (χ1n) is 5.93. The fourth-order valence-electron chi connectivity index (χ4n) is 1.83. The molecule has 0 amide bonds. The highest BCUT2D eigenvalue weighted by molar-refractivity contribution is 7.11. The lowest BCUT2D eigenvalue weighted by Crippen LogP contribution is -2.11. The Kier molecular flexibility index (Phi) is 3.78. The second-order valence-electron chi connectivity index (χ2n) is 4.09. The quantitative estimate of drug-likeness (QED) is 0.841. The van der Waals surface area contributed by atoms with Gasteiger partial charge in [0.25, 0.3) is 0 Å². The number of rotatable bonds is 5. The minimum atomic E-state index is 0.765. The topological polar surface area (TPSA) is 24.9 Å². The lowest BCUT2D eigenvalue weighted by atomic mass is 10.0. The number of fused-ring (bicyclic) bond motifs is 1. The summed E-state index contributed by atoms with van der Waals surface area (Å²) in [5, 5.41) is 5.98. The van der Waals surface area contributed by atoms with Gasteiger partial charge in [0.2, 0.25) is 0 Å². The molecule has 0 aliphatic rings. The molecule has 0 fully saturated rings. The Morgan fingerprint density at radius 1 is 1.25 bits per heavy atom. The summed E-state index contributed by atoms with van der Waals surface area (Å²) in [6.07, 6.45) is 2.47. The Morgan fingerprint density at radius 3 is 2.75 bits per heavy atom. The van der Waals surface area contributed by atoms with E-state index in [4.69, 9.17) is 0 Å². The molecule has 1 N–H and O–H groups in total. The summed E-state index contributed by atoms with van der Waals surface area (Å²) in [6.45, 7) is 5.56. The van der Waals surface area contributed by atoms with E-state index in [0.29, 0.717) is 0 Å². The molecule has 0 aliphatic heterocycles. The maximum atomic E-state index is 4.43. The van der Waals surface area contributed by atoms with E-state index in [-0.39, 0.29) is 0 Å². The van der Waals surface area contributed by atoms with Crippen LogP contribution in [0.5, 0.6) is 0 Å². The number of hydrogen-bond donors (Lipinski definition) is 1. The molecule has 0 atom stereocenters. The van der Waals surface area contributed by atoms with Crippen molar-refractivity contribution in [2.45, 2.75) is 26.7 Å². The van der Waals surface area contributed by atoms with Crippen LogP contribution in [0.25, 0.3) is 10.9 Å². The summed E-state index contributed by atoms with van der Waals surface area (Å²) in [5.41, 5.74) is 1.10. The molecular weight excluding hydrogens is 216 g/mol. The van der Waals surface area contributed by atoms with Crippen LogP contribution in [0.1, 0.15) is 26.7 Å². The molecule has 2 nitrogen and oxygen atoms in total. The molecule has 0 saturated carbocycles. The zero-order valence-electron chi connectivity index (χ0n) is 9.86. The maximum absolute atomic E-state index is 4.43. The molecule has 0 spiro atoms. The molecule has 0 radical (unpaired) electrons. The summed E-state index contributed by atoms with van der Waals surface area (Å²) in [7, 11) is 0. The van der Waals surface area contributed by atoms with E-state index in [2.05, 4.69) is 41.7 Å². The summed E-state index contributed by atoms with van der Waals surface area (Å²) in [5.74, 6) is 0.765. The molecule has 0 bridgehead atoms. The number of anilines is 1. The molecular formula is C13H18N2S. The SMILES string of the molecule is CCC(CC)CNc1snc2ccccc12. The Balaban J connectivity index is 2.09. The summed E-state index contributed by atoms with van der Waals surface area (Å²) >= 11 is 1.56. The number of benzene rings is 1. The van der Waals surface area contributed by atoms with Crippen molar-refractivity contribution in [1.29, 1.82) is 0 Å². The fraction of sp³-hybridized carbons (Fsp3) is 0.462. The molecule has 3 heteroatoms. The van der Waals surface area contributed by atoms with Crippen molar-refractivity contribution < 1.29 is 0 Å². The first-order chi connectivity index (χ1) is 7.85. The van der Waals surface area contributed by atoms with Crippen LogP contribution in [0, 0.1) is 5.92 Å². The lowest BCUT2D eigenvalue weighted by molar-refractivity contribution is 0.520. The van der Waals surface area contributed by atoms with Crippen molar-refractivity contribution >= 4 is 27.4 Å². The van der Waals surface area contributed by atoms with Gasteiger partial charge in [-0.2, -0.15) is 4.37 Å². The zero-order chi connectivity index (χ0) is 11.4. The van der Waals surface area contributed by atoms with Crippen LogP contribution in [0.2, 0.25) is 0 Å². The van der Waals surface area contributed by atoms with Crippen LogP contribution in [0.15, 0.2) is 24.3 Å². The second-order valence-corrected chi connectivity index (χ2v) is 4.87. The van der Waals surface area contributed by atoms with Crippen molar-refractivity contribution in [1.82, 2.24) is 4.37 Å². The molecule has 0 saturated heterocycles. The van der Waals surface area contributed by atoms with E-state index < -0.39 is 0 Å². The van der Waals surface area contributed by atoms with Crippen LogP contribution in [0.4, 0.5) is 5.00 Å². The fourth-order valence-corrected chi connectivity index (χ4v) is 2.60. The third kappa shape index (κ3) is 2.35. The normalized spacial score (nSPS) is 11.2. The van der Waals surface area contributed by atoms with Gasteiger partial charge < -0.3 is 5.32 Å². The van der Waals surface area contributed by atoms with Crippen molar-refractivity contribution in [2.75, 3.05) is 11.9 Å². The smallest absolute Gasteiger partial charge is 0.117 e. The van der Waals surface area contributed by atoms with Gasteiger partial charge in [-0.1, -0.05) is 38.8 Å². The summed E-state index contributed by atoms with van der Waals surface area (Å²) in [4.78, 5) is 0. The number of nitrogens with zero attached hydrogens (tertiary/aromatic N) is 1. The van der Waals surface area contributed by atoms with Crippen LogP contribution in [-0.4, -0.2) is 10.9 Å². The summed E-state index contributed by atoms with van der Waals surface area (Å²) in [6, 6.07) is 8.30. The zero-order valence-corrected chi connectivity index (χ0v) is 10.7. The van der Waals surface area contributed by atoms with E-state index >= 15 is 0 Å². The van der Waals surface area contributed by atoms with Crippen LogP contribution >= 0.6 is 11.5 Å².